The molecule has 23 heavy (non-hydrogen) atoms. The fourth-order valence-electron chi connectivity index (χ4n) is 2.54. The number of carbonyl (C=O) groups is 1. The van der Waals surface area contributed by atoms with Gasteiger partial charge in [-0.05, 0) is 32.8 Å². The van der Waals surface area contributed by atoms with Crippen molar-refractivity contribution in [1.82, 2.24) is 9.97 Å². The Balaban J connectivity index is 2.29. The summed E-state index contributed by atoms with van der Waals surface area (Å²) >= 11 is 0. The van der Waals surface area contributed by atoms with Crippen LogP contribution < -0.4 is 5.32 Å². The number of hydrogen-bond acceptors (Lipinski definition) is 5. The molecule has 1 N–H and O–H groups in total. The average Bonchev–Trinajstić information content (AvgIpc) is 2.55. The number of anilines is 1. The number of carbonyl (C=O) groups excluding carboxylic acids is 1. The predicted octanol–water partition coefficient (Wildman–Crippen LogP) is 2.92. The fourth-order valence-corrected chi connectivity index (χ4v) is 2.54. The van der Waals surface area contributed by atoms with E-state index in [9.17, 15) is 4.79 Å². The molecule has 0 saturated heterocycles. The first-order valence-corrected chi connectivity index (χ1v) is 7.96. The van der Waals surface area contributed by atoms with Crippen LogP contribution >= 0.6 is 0 Å². The van der Waals surface area contributed by atoms with Crippen LogP contribution in [0.2, 0.25) is 0 Å². The van der Waals surface area contributed by atoms with Gasteiger partial charge in [-0.1, -0.05) is 19.9 Å². The summed E-state index contributed by atoms with van der Waals surface area (Å²) in [5.41, 5.74) is 2.18. The molecule has 0 radical (unpaired) electrons. The molecule has 1 aromatic heterocycles. The second-order valence-electron chi connectivity index (χ2n) is 5.62. The molecule has 0 fully saturated rings. The van der Waals surface area contributed by atoms with Gasteiger partial charge in [-0.25, -0.2) is 4.98 Å². The smallest absolute Gasteiger partial charge is 0.262 e. The van der Waals surface area contributed by atoms with Crippen molar-refractivity contribution >= 4 is 17.6 Å². The van der Waals surface area contributed by atoms with Crippen LogP contribution in [-0.2, 0) is 9.53 Å². The lowest BCUT2D eigenvalue weighted by Gasteiger charge is -2.20. The molecular weight excluding hydrogens is 292 g/mol. The Hall–Kier alpha value is -2.24. The van der Waals surface area contributed by atoms with Gasteiger partial charge in [0, 0.05) is 6.04 Å². The van der Waals surface area contributed by atoms with Gasteiger partial charge in [0.05, 0.1) is 24.2 Å². The molecule has 124 valence electrons. The van der Waals surface area contributed by atoms with Gasteiger partial charge < -0.3 is 10.1 Å². The van der Waals surface area contributed by atoms with Crippen LogP contribution in [0.15, 0.2) is 17.1 Å². The van der Waals surface area contributed by atoms with Crippen molar-refractivity contribution in [3.8, 4) is 0 Å². The van der Waals surface area contributed by atoms with Crippen molar-refractivity contribution in [3.63, 3.8) is 0 Å². The number of aryl methyl sites for hydroxylation is 2. The first-order chi connectivity index (χ1) is 11.0. The van der Waals surface area contributed by atoms with E-state index in [1.165, 1.54) is 7.11 Å². The van der Waals surface area contributed by atoms with Gasteiger partial charge in [-0.3, -0.25) is 9.78 Å². The average molecular weight is 316 g/mol. The summed E-state index contributed by atoms with van der Waals surface area (Å²) in [6.07, 6.45) is 5.51. The van der Waals surface area contributed by atoms with Gasteiger partial charge in [0.15, 0.2) is 0 Å². The minimum absolute atomic E-state index is 0.276. The van der Waals surface area contributed by atoms with E-state index in [2.05, 4.69) is 34.1 Å². The fraction of sp³-hybridized carbons (Fsp3) is 0.529. The second kappa shape index (κ2) is 7.35. The lowest BCUT2D eigenvalue weighted by atomic mass is 10.00. The van der Waals surface area contributed by atoms with E-state index in [0.29, 0.717) is 17.6 Å². The largest absolute Gasteiger partial charge is 0.481 e. The summed E-state index contributed by atoms with van der Waals surface area (Å²) < 4.78 is 4.98. The van der Waals surface area contributed by atoms with Crippen molar-refractivity contribution in [1.29, 1.82) is 0 Å². The Bertz CT molecular complexity index is 648. The number of rotatable bonds is 5. The molecule has 6 heteroatoms. The number of methoxy groups -OCH3 is 1. The highest BCUT2D eigenvalue weighted by atomic mass is 16.5. The van der Waals surface area contributed by atoms with Crippen LogP contribution in [0, 0.1) is 13.8 Å². The summed E-state index contributed by atoms with van der Waals surface area (Å²) in [5, 5.41) is 3.42. The molecule has 1 aliphatic heterocycles. The van der Waals surface area contributed by atoms with Gasteiger partial charge in [0.1, 0.15) is 11.7 Å². The molecule has 0 aliphatic carbocycles. The molecule has 1 unspecified atom stereocenters. The van der Waals surface area contributed by atoms with Gasteiger partial charge in [0.2, 0.25) is 5.90 Å². The van der Waals surface area contributed by atoms with Crippen LogP contribution in [0.5, 0.6) is 0 Å². The molecule has 2 heterocycles. The number of ether oxygens (including phenoxy) is 1. The van der Waals surface area contributed by atoms with Gasteiger partial charge >= 0.3 is 0 Å². The number of hydrogen-bond donors (Lipinski definition) is 1. The van der Waals surface area contributed by atoms with Crippen molar-refractivity contribution in [3.05, 3.63) is 29.2 Å². The molecule has 1 amide bonds. The van der Waals surface area contributed by atoms with E-state index >= 15 is 0 Å². The summed E-state index contributed by atoms with van der Waals surface area (Å²) in [6.45, 7) is 8.06. The maximum absolute atomic E-state index is 12.2. The number of aliphatic imine (C=N–C) groups is 1. The third-order valence-electron chi connectivity index (χ3n) is 4.03. The van der Waals surface area contributed by atoms with Gasteiger partial charge in [-0.2, -0.15) is 4.99 Å². The lowest BCUT2D eigenvalue weighted by molar-refractivity contribution is -0.118. The van der Waals surface area contributed by atoms with E-state index in [0.717, 1.165) is 30.0 Å². The van der Waals surface area contributed by atoms with Gasteiger partial charge in [0.25, 0.3) is 5.91 Å². The molecule has 0 bridgehead atoms. The maximum Gasteiger partial charge on any atom is 0.262 e. The Kier molecular flexibility index (Phi) is 5.47. The number of nitrogens with one attached hydrogen (secondary N) is 1. The SMILES string of the molecule is CCC(CC)Nc1nc(C)c(C2C=CC(OC)=NC2=O)nc1C. The first kappa shape index (κ1) is 17.1. The number of nitrogens with zero attached hydrogens (tertiary/aromatic N) is 3. The highest BCUT2D eigenvalue weighted by molar-refractivity contribution is 6.03. The highest BCUT2D eigenvalue weighted by Gasteiger charge is 2.26. The third kappa shape index (κ3) is 3.75. The minimum Gasteiger partial charge on any atom is -0.481 e. The maximum atomic E-state index is 12.2. The number of amides is 1. The van der Waals surface area contributed by atoms with Crippen molar-refractivity contribution in [2.75, 3.05) is 12.4 Å². The van der Waals surface area contributed by atoms with Gasteiger partial charge in [-0.15, -0.1) is 0 Å². The molecule has 0 saturated carbocycles. The van der Waals surface area contributed by atoms with E-state index in [4.69, 9.17) is 4.74 Å². The van der Waals surface area contributed by atoms with E-state index < -0.39 is 5.92 Å². The van der Waals surface area contributed by atoms with Crippen LogP contribution in [-0.4, -0.2) is 34.9 Å². The summed E-state index contributed by atoms with van der Waals surface area (Å²) in [7, 11) is 1.49. The normalized spacial score (nSPS) is 17.4. The van der Waals surface area contributed by atoms with E-state index in [-0.39, 0.29) is 5.91 Å². The van der Waals surface area contributed by atoms with Crippen LogP contribution in [0.4, 0.5) is 5.82 Å². The van der Waals surface area contributed by atoms with Crippen molar-refractivity contribution in [2.24, 2.45) is 4.99 Å². The van der Waals surface area contributed by atoms with Crippen molar-refractivity contribution < 1.29 is 9.53 Å². The number of aromatic nitrogens is 2. The topological polar surface area (TPSA) is 76.5 Å². The minimum atomic E-state index is -0.498. The zero-order valence-electron chi connectivity index (χ0n) is 14.4. The van der Waals surface area contributed by atoms with Crippen LogP contribution in [0.25, 0.3) is 0 Å². The Morgan fingerprint density at radius 2 is 1.91 bits per heavy atom. The third-order valence-corrected chi connectivity index (χ3v) is 4.03. The summed E-state index contributed by atoms with van der Waals surface area (Å²) in [4.78, 5) is 25.3. The summed E-state index contributed by atoms with van der Waals surface area (Å²) in [5.74, 6) is 0.332. The first-order valence-electron chi connectivity index (χ1n) is 7.96. The second-order valence-corrected chi connectivity index (χ2v) is 5.62. The highest BCUT2D eigenvalue weighted by Crippen LogP contribution is 2.25. The Morgan fingerprint density at radius 3 is 2.48 bits per heavy atom. The summed E-state index contributed by atoms with van der Waals surface area (Å²) in [6, 6.07) is 0.373. The molecular formula is C17H24N4O2. The molecule has 2 rings (SSSR count). The lowest BCUT2D eigenvalue weighted by Crippen LogP contribution is -2.22. The Morgan fingerprint density at radius 1 is 1.22 bits per heavy atom. The monoisotopic (exact) mass is 316 g/mol. The molecule has 1 atom stereocenters. The van der Waals surface area contributed by atoms with Crippen molar-refractivity contribution in [2.45, 2.75) is 52.5 Å². The van der Waals surface area contributed by atoms with Crippen LogP contribution in [0.3, 0.4) is 0 Å². The quantitative estimate of drug-likeness (QED) is 0.904. The number of dihydropyridines is 1. The standard InChI is InChI=1S/C17H24N4O2/c1-6-12(7-2)20-16-11(4)18-15(10(3)19-16)13-8-9-14(23-5)21-17(13)22/h8-9,12-13H,6-7H2,1-5H3,(H,19,20). The van der Waals surface area contributed by atoms with E-state index in [1.54, 1.807) is 12.2 Å². The Labute approximate surface area is 137 Å². The molecule has 1 aromatic rings. The van der Waals surface area contributed by atoms with E-state index in [1.807, 2.05) is 13.8 Å². The predicted molar refractivity (Wildman–Crippen MR) is 90.8 cm³/mol. The van der Waals surface area contributed by atoms with Crippen LogP contribution in [0.1, 0.15) is 49.7 Å². The zero-order chi connectivity index (χ0) is 17.0. The molecule has 1 aliphatic rings. The molecule has 6 nitrogen and oxygen atoms in total. The molecule has 0 aromatic carbocycles. The molecule has 0 spiro atoms. The zero-order valence-corrected chi connectivity index (χ0v) is 14.4.